The van der Waals surface area contributed by atoms with Crippen molar-refractivity contribution in [3.8, 4) is 5.75 Å². The number of ether oxygens (including phenoxy) is 1. The number of carbonyl (C=O) groups is 3. The number of hydrogen-bond donors (Lipinski definition) is 2. The number of hydrogen-bond acceptors (Lipinski definition) is 6. The van der Waals surface area contributed by atoms with Gasteiger partial charge in [0.1, 0.15) is 5.75 Å². The Kier molecular flexibility index (Phi) is 4.19. The smallest absolute Gasteiger partial charge is 0.331 e. The third-order valence-electron chi connectivity index (χ3n) is 5.77. The molecule has 2 aromatic carbocycles. The Bertz CT molecular complexity index is 943. The van der Waals surface area contributed by atoms with Crippen molar-refractivity contribution in [3.05, 3.63) is 65.7 Å². The molecule has 0 unspecified atom stereocenters. The normalized spacial score (nSPS) is 29.1. The van der Waals surface area contributed by atoms with Crippen molar-refractivity contribution in [2.24, 2.45) is 11.8 Å². The van der Waals surface area contributed by atoms with Crippen LogP contribution in [0.25, 0.3) is 0 Å². The fourth-order valence-corrected chi connectivity index (χ4v) is 4.45. The lowest BCUT2D eigenvalue weighted by Crippen LogP contribution is -2.53. The van der Waals surface area contributed by atoms with E-state index in [-0.39, 0.29) is 11.7 Å². The first-order valence-electron chi connectivity index (χ1n) is 8.93. The molecule has 2 aliphatic heterocycles. The van der Waals surface area contributed by atoms with Crippen molar-refractivity contribution >= 4 is 17.8 Å². The maximum absolute atomic E-state index is 13.1. The molecule has 7 nitrogen and oxygen atoms in total. The van der Waals surface area contributed by atoms with Gasteiger partial charge in [-0.2, -0.15) is 0 Å². The molecule has 4 rings (SSSR count). The number of nitrogens with zero attached hydrogens (tertiary/aromatic N) is 1. The third-order valence-corrected chi connectivity index (χ3v) is 5.77. The van der Waals surface area contributed by atoms with Gasteiger partial charge in [-0.3, -0.25) is 19.8 Å². The van der Waals surface area contributed by atoms with Crippen molar-refractivity contribution in [1.82, 2.24) is 10.2 Å². The molecule has 2 saturated heterocycles. The fourth-order valence-electron chi connectivity index (χ4n) is 4.45. The number of amides is 2. The van der Waals surface area contributed by atoms with Crippen LogP contribution in [0.4, 0.5) is 0 Å². The molecule has 0 spiro atoms. The minimum Gasteiger partial charge on any atom is -0.508 e. The van der Waals surface area contributed by atoms with Gasteiger partial charge in [-0.15, -0.1) is 0 Å². The van der Waals surface area contributed by atoms with E-state index in [9.17, 15) is 19.5 Å². The van der Waals surface area contributed by atoms with Crippen LogP contribution >= 0.6 is 0 Å². The number of phenolic OH excluding ortho intramolecular Hbond substituents is 1. The van der Waals surface area contributed by atoms with Crippen LogP contribution in [0.15, 0.2) is 54.6 Å². The molecule has 0 aromatic heterocycles. The molecular formula is C21H20N2O5. The number of esters is 1. The molecule has 4 atom stereocenters. The second kappa shape index (κ2) is 6.45. The van der Waals surface area contributed by atoms with Crippen LogP contribution in [0.5, 0.6) is 5.75 Å². The Balaban J connectivity index is 1.94. The third kappa shape index (κ3) is 2.36. The summed E-state index contributed by atoms with van der Waals surface area (Å²) in [5.41, 5.74) is -0.221. The van der Waals surface area contributed by atoms with Crippen molar-refractivity contribution in [2.75, 3.05) is 14.2 Å². The highest BCUT2D eigenvalue weighted by atomic mass is 16.5. The monoisotopic (exact) mass is 380 g/mol. The molecule has 0 aliphatic carbocycles. The van der Waals surface area contributed by atoms with Crippen molar-refractivity contribution in [2.45, 2.75) is 11.6 Å². The maximum atomic E-state index is 13.1. The van der Waals surface area contributed by atoms with E-state index >= 15 is 0 Å². The second-order valence-corrected chi connectivity index (χ2v) is 7.12. The number of likely N-dealkylation sites (tertiary alicyclic amines) is 1. The van der Waals surface area contributed by atoms with Gasteiger partial charge in [-0.05, 0) is 23.3 Å². The van der Waals surface area contributed by atoms with Crippen LogP contribution in [0, 0.1) is 11.8 Å². The van der Waals surface area contributed by atoms with E-state index in [2.05, 4.69) is 5.32 Å². The lowest BCUT2D eigenvalue weighted by molar-refractivity contribution is -0.154. The highest BCUT2D eigenvalue weighted by molar-refractivity contribution is 6.09. The van der Waals surface area contributed by atoms with Crippen molar-refractivity contribution in [3.63, 3.8) is 0 Å². The highest BCUT2D eigenvalue weighted by Gasteiger charge is 2.68. The summed E-state index contributed by atoms with van der Waals surface area (Å²) in [6, 6.07) is 14.6. The van der Waals surface area contributed by atoms with Gasteiger partial charge in [0.2, 0.25) is 11.8 Å². The summed E-state index contributed by atoms with van der Waals surface area (Å²) in [6.07, 6.45) is 0. The summed E-state index contributed by atoms with van der Waals surface area (Å²) in [5.74, 6) is -2.99. The summed E-state index contributed by atoms with van der Waals surface area (Å²) < 4.78 is 5.10. The molecule has 7 heteroatoms. The molecule has 144 valence electrons. The van der Waals surface area contributed by atoms with Gasteiger partial charge < -0.3 is 9.84 Å². The van der Waals surface area contributed by atoms with Crippen LogP contribution < -0.4 is 5.32 Å². The average Bonchev–Trinajstić information content (AvgIpc) is 3.19. The SMILES string of the molecule is COC(=O)[C@]1(c2ccccc2)N[C@@H](c2ccc(O)cc2)[C@H]2C(=O)N(C)C(=O)[C@H]21. The molecule has 0 bridgehead atoms. The van der Waals surface area contributed by atoms with E-state index in [0.717, 1.165) is 4.90 Å². The van der Waals surface area contributed by atoms with Crippen LogP contribution in [0.3, 0.4) is 0 Å². The minimum absolute atomic E-state index is 0.0894. The maximum Gasteiger partial charge on any atom is 0.331 e. The van der Waals surface area contributed by atoms with E-state index < -0.39 is 35.3 Å². The number of benzene rings is 2. The lowest BCUT2D eigenvalue weighted by Gasteiger charge is -2.32. The Hall–Kier alpha value is -3.19. The molecule has 2 heterocycles. The zero-order chi connectivity index (χ0) is 20.1. The summed E-state index contributed by atoms with van der Waals surface area (Å²) in [4.78, 5) is 40.1. The molecule has 0 radical (unpaired) electrons. The van der Waals surface area contributed by atoms with Gasteiger partial charge in [0.25, 0.3) is 0 Å². The predicted molar refractivity (Wildman–Crippen MR) is 98.9 cm³/mol. The van der Waals surface area contributed by atoms with Crippen LogP contribution in [-0.2, 0) is 24.7 Å². The van der Waals surface area contributed by atoms with Crippen molar-refractivity contribution in [1.29, 1.82) is 0 Å². The quantitative estimate of drug-likeness (QED) is 0.616. The van der Waals surface area contributed by atoms with E-state index in [1.807, 2.05) is 6.07 Å². The highest BCUT2D eigenvalue weighted by Crippen LogP contribution is 2.53. The molecule has 2 amide bonds. The van der Waals surface area contributed by atoms with E-state index in [1.165, 1.54) is 26.3 Å². The molecule has 2 fully saturated rings. The first kappa shape index (κ1) is 18.2. The topological polar surface area (TPSA) is 95.9 Å². The summed E-state index contributed by atoms with van der Waals surface area (Å²) in [7, 11) is 2.70. The summed E-state index contributed by atoms with van der Waals surface area (Å²) in [6.45, 7) is 0. The summed E-state index contributed by atoms with van der Waals surface area (Å²) in [5, 5.41) is 12.9. The molecule has 2 N–H and O–H groups in total. The largest absolute Gasteiger partial charge is 0.508 e. The predicted octanol–water partition coefficient (Wildman–Crippen LogP) is 1.34. The van der Waals surface area contributed by atoms with E-state index in [1.54, 1.807) is 36.4 Å². The van der Waals surface area contributed by atoms with E-state index in [4.69, 9.17) is 4.74 Å². The first-order valence-corrected chi connectivity index (χ1v) is 8.93. The molecule has 28 heavy (non-hydrogen) atoms. The Labute approximate surface area is 161 Å². The Morgan fingerprint density at radius 1 is 1.07 bits per heavy atom. The number of nitrogens with one attached hydrogen (secondary N) is 1. The zero-order valence-electron chi connectivity index (χ0n) is 15.5. The number of aromatic hydroxyl groups is 1. The molecular weight excluding hydrogens is 360 g/mol. The zero-order valence-corrected chi connectivity index (χ0v) is 15.5. The van der Waals surface area contributed by atoms with Gasteiger partial charge >= 0.3 is 5.97 Å². The van der Waals surface area contributed by atoms with Crippen LogP contribution in [0.1, 0.15) is 17.2 Å². The Morgan fingerprint density at radius 3 is 2.32 bits per heavy atom. The van der Waals surface area contributed by atoms with Gasteiger partial charge in [-0.1, -0.05) is 42.5 Å². The number of carbonyl (C=O) groups excluding carboxylic acids is 3. The first-order chi connectivity index (χ1) is 13.4. The number of imide groups is 1. The molecule has 0 saturated carbocycles. The van der Waals surface area contributed by atoms with E-state index in [0.29, 0.717) is 11.1 Å². The fraction of sp³-hybridized carbons (Fsp3) is 0.286. The van der Waals surface area contributed by atoms with Gasteiger partial charge in [0.15, 0.2) is 5.54 Å². The van der Waals surface area contributed by atoms with Crippen LogP contribution in [-0.4, -0.2) is 41.9 Å². The number of methoxy groups -OCH3 is 1. The Morgan fingerprint density at radius 2 is 1.71 bits per heavy atom. The summed E-state index contributed by atoms with van der Waals surface area (Å²) >= 11 is 0. The van der Waals surface area contributed by atoms with Gasteiger partial charge in [0, 0.05) is 13.1 Å². The number of fused-ring (bicyclic) bond motifs is 1. The molecule has 2 aromatic rings. The molecule has 2 aliphatic rings. The number of rotatable bonds is 3. The minimum atomic E-state index is -1.49. The lowest BCUT2D eigenvalue weighted by atomic mass is 9.75. The number of phenols is 1. The standard InChI is InChI=1S/C21H20N2O5/c1-23-18(25)15-16(19(23)26)21(20(27)28-2,13-6-4-3-5-7-13)22-17(15)12-8-10-14(24)11-9-12/h3-11,15-17,22,24H,1-2H3/t15-,16-,17-,21+/m0/s1. The van der Waals surface area contributed by atoms with Crippen molar-refractivity contribution < 1.29 is 24.2 Å². The van der Waals surface area contributed by atoms with Gasteiger partial charge in [0.05, 0.1) is 18.9 Å². The van der Waals surface area contributed by atoms with Gasteiger partial charge in [-0.25, -0.2) is 4.79 Å². The second-order valence-electron chi connectivity index (χ2n) is 7.12. The average molecular weight is 380 g/mol. The van der Waals surface area contributed by atoms with Crippen LogP contribution in [0.2, 0.25) is 0 Å².